The van der Waals surface area contributed by atoms with Gasteiger partial charge in [-0.2, -0.15) is 0 Å². The van der Waals surface area contributed by atoms with Crippen LogP contribution in [-0.4, -0.2) is 51.1 Å². The van der Waals surface area contributed by atoms with E-state index in [1.165, 1.54) is 43.6 Å². The van der Waals surface area contributed by atoms with Gasteiger partial charge in [0.05, 0.1) is 0 Å². The number of rotatable bonds is 3. The summed E-state index contributed by atoms with van der Waals surface area (Å²) in [6, 6.07) is 8.66. The average Bonchev–Trinajstić information content (AvgIpc) is 2.97. The highest BCUT2D eigenvalue weighted by atomic mass is 15.3. The highest BCUT2D eigenvalue weighted by molar-refractivity contribution is 5.97. The van der Waals surface area contributed by atoms with Gasteiger partial charge in [0.25, 0.3) is 0 Å². The molecule has 1 N–H and O–H groups in total. The van der Waals surface area contributed by atoms with Crippen LogP contribution < -0.4 is 10.2 Å². The number of likely N-dealkylation sites (tertiary alicyclic amines) is 1. The number of hydrogen-bond donors (Lipinski definition) is 1. The van der Waals surface area contributed by atoms with Crippen molar-refractivity contribution in [3.63, 3.8) is 0 Å². The van der Waals surface area contributed by atoms with E-state index in [0.717, 1.165) is 31.4 Å². The molecular weight excluding hydrogens is 272 g/mol. The number of anilines is 1. The first-order valence-electron chi connectivity index (χ1n) is 8.52. The van der Waals surface area contributed by atoms with E-state index in [1.54, 1.807) is 0 Å². The molecule has 22 heavy (non-hydrogen) atoms. The van der Waals surface area contributed by atoms with Crippen molar-refractivity contribution in [2.24, 2.45) is 10.9 Å². The molecule has 4 heteroatoms. The minimum Gasteiger partial charge on any atom is -0.356 e. The summed E-state index contributed by atoms with van der Waals surface area (Å²) in [4.78, 5) is 9.24. The van der Waals surface area contributed by atoms with E-state index in [9.17, 15) is 0 Å². The third-order valence-electron chi connectivity index (χ3n) is 5.03. The van der Waals surface area contributed by atoms with Crippen molar-refractivity contribution in [1.82, 2.24) is 10.2 Å². The Balaban J connectivity index is 1.51. The van der Waals surface area contributed by atoms with Gasteiger partial charge in [-0.15, -0.1) is 0 Å². The molecule has 0 spiro atoms. The lowest BCUT2D eigenvalue weighted by Gasteiger charge is -2.29. The van der Waals surface area contributed by atoms with Crippen molar-refractivity contribution in [3.8, 4) is 0 Å². The zero-order valence-electron chi connectivity index (χ0n) is 13.9. The predicted molar refractivity (Wildman–Crippen MR) is 93.7 cm³/mol. The van der Waals surface area contributed by atoms with Gasteiger partial charge in [0.1, 0.15) is 0 Å². The Hall–Kier alpha value is -1.55. The molecule has 1 aromatic carbocycles. The van der Waals surface area contributed by atoms with Crippen LogP contribution in [-0.2, 0) is 6.42 Å². The number of nitrogens with one attached hydrogen (secondary N) is 1. The molecule has 2 heterocycles. The molecule has 1 fully saturated rings. The Bertz CT molecular complexity index is 518. The maximum atomic E-state index is 4.49. The summed E-state index contributed by atoms with van der Waals surface area (Å²) in [6.07, 6.45) is 5.04. The minimum atomic E-state index is 0.868. The number of benzene rings is 1. The van der Waals surface area contributed by atoms with Gasteiger partial charge >= 0.3 is 0 Å². The molecule has 0 aromatic heterocycles. The van der Waals surface area contributed by atoms with Crippen LogP contribution in [0.4, 0.5) is 5.69 Å². The standard InChI is InChI=1S/C18H28N4/c1-19-18(20-11-7-15-8-12-21(2)13-9-15)22-14-10-16-5-3-4-6-17(16)22/h3-6,15H,7-14H2,1-2H3,(H,19,20). The first-order chi connectivity index (χ1) is 10.8. The number of nitrogens with zero attached hydrogens (tertiary/aromatic N) is 3. The Kier molecular flexibility index (Phi) is 4.98. The van der Waals surface area contributed by atoms with Crippen molar-refractivity contribution in [2.75, 3.05) is 45.2 Å². The van der Waals surface area contributed by atoms with Gasteiger partial charge in [0, 0.05) is 25.8 Å². The zero-order valence-corrected chi connectivity index (χ0v) is 13.9. The monoisotopic (exact) mass is 300 g/mol. The number of fused-ring (bicyclic) bond motifs is 1. The molecule has 2 aliphatic rings. The van der Waals surface area contributed by atoms with Gasteiger partial charge in [-0.1, -0.05) is 18.2 Å². The van der Waals surface area contributed by atoms with Gasteiger partial charge in [0.15, 0.2) is 5.96 Å². The number of guanidine groups is 1. The Morgan fingerprint density at radius 3 is 2.77 bits per heavy atom. The third kappa shape index (κ3) is 3.43. The summed E-state index contributed by atoms with van der Waals surface area (Å²) >= 11 is 0. The second-order valence-corrected chi connectivity index (χ2v) is 6.54. The largest absolute Gasteiger partial charge is 0.356 e. The Morgan fingerprint density at radius 2 is 2.00 bits per heavy atom. The number of piperidine rings is 1. The first kappa shape index (κ1) is 15.3. The highest BCUT2D eigenvalue weighted by Gasteiger charge is 2.22. The summed E-state index contributed by atoms with van der Waals surface area (Å²) in [5.74, 6) is 1.89. The summed E-state index contributed by atoms with van der Waals surface area (Å²) < 4.78 is 0. The molecule has 4 nitrogen and oxygen atoms in total. The van der Waals surface area contributed by atoms with Crippen molar-refractivity contribution in [3.05, 3.63) is 29.8 Å². The first-order valence-corrected chi connectivity index (χ1v) is 8.52. The number of aliphatic imine (C=N–C) groups is 1. The number of hydrogen-bond acceptors (Lipinski definition) is 2. The average molecular weight is 300 g/mol. The fraction of sp³-hybridized carbons (Fsp3) is 0.611. The van der Waals surface area contributed by atoms with Gasteiger partial charge in [-0.05, 0) is 63.4 Å². The van der Waals surface area contributed by atoms with E-state index in [2.05, 4.69) is 51.4 Å². The zero-order chi connectivity index (χ0) is 15.4. The molecule has 1 saturated heterocycles. The van der Waals surface area contributed by atoms with Crippen LogP contribution in [0, 0.1) is 5.92 Å². The van der Waals surface area contributed by atoms with Crippen molar-refractivity contribution < 1.29 is 0 Å². The SMILES string of the molecule is CN=C(NCCC1CCN(C)CC1)N1CCc2ccccc21. The lowest BCUT2D eigenvalue weighted by atomic mass is 9.94. The fourth-order valence-electron chi connectivity index (χ4n) is 3.59. The third-order valence-corrected chi connectivity index (χ3v) is 5.03. The molecule has 2 aliphatic heterocycles. The van der Waals surface area contributed by atoms with Crippen LogP contribution in [0.5, 0.6) is 0 Å². The van der Waals surface area contributed by atoms with Crippen LogP contribution >= 0.6 is 0 Å². The summed E-state index contributed by atoms with van der Waals surface area (Å²) in [5.41, 5.74) is 2.75. The van der Waals surface area contributed by atoms with Crippen LogP contribution in [0.2, 0.25) is 0 Å². The summed E-state index contributed by atoms with van der Waals surface area (Å²) in [6.45, 7) is 4.56. The summed E-state index contributed by atoms with van der Waals surface area (Å²) in [5, 5.41) is 3.57. The van der Waals surface area contributed by atoms with Gasteiger partial charge in [-0.3, -0.25) is 4.99 Å². The van der Waals surface area contributed by atoms with E-state index in [4.69, 9.17) is 0 Å². The minimum absolute atomic E-state index is 0.868. The lowest BCUT2D eigenvalue weighted by molar-refractivity contribution is 0.213. The molecule has 0 aliphatic carbocycles. The normalized spacial score (nSPS) is 20.3. The Morgan fingerprint density at radius 1 is 1.23 bits per heavy atom. The molecule has 0 atom stereocenters. The van der Waals surface area contributed by atoms with Crippen LogP contribution in [0.15, 0.2) is 29.3 Å². The van der Waals surface area contributed by atoms with Crippen molar-refractivity contribution in [1.29, 1.82) is 0 Å². The lowest BCUT2D eigenvalue weighted by Crippen LogP contribution is -2.41. The summed E-state index contributed by atoms with van der Waals surface area (Å²) in [7, 11) is 4.11. The predicted octanol–water partition coefficient (Wildman–Crippen LogP) is 2.36. The molecule has 0 radical (unpaired) electrons. The van der Waals surface area contributed by atoms with E-state index in [-0.39, 0.29) is 0 Å². The quantitative estimate of drug-likeness (QED) is 0.687. The Labute approximate surface area is 134 Å². The van der Waals surface area contributed by atoms with Crippen LogP contribution in [0.25, 0.3) is 0 Å². The van der Waals surface area contributed by atoms with E-state index < -0.39 is 0 Å². The molecule has 3 rings (SSSR count). The molecular formula is C18H28N4. The molecule has 0 amide bonds. The topological polar surface area (TPSA) is 30.9 Å². The number of para-hydroxylation sites is 1. The van der Waals surface area contributed by atoms with Crippen LogP contribution in [0.3, 0.4) is 0 Å². The molecule has 0 unspecified atom stereocenters. The van der Waals surface area contributed by atoms with E-state index in [1.807, 2.05) is 7.05 Å². The van der Waals surface area contributed by atoms with Crippen molar-refractivity contribution >= 4 is 11.6 Å². The maximum Gasteiger partial charge on any atom is 0.198 e. The fourth-order valence-corrected chi connectivity index (χ4v) is 3.59. The molecule has 0 saturated carbocycles. The molecule has 120 valence electrons. The van der Waals surface area contributed by atoms with Crippen molar-refractivity contribution in [2.45, 2.75) is 25.7 Å². The van der Waals surface area contributed by atoms with Gasteiger partial charge < -0.3 is 15.1 Å². The van der Waals surface area contributed by atoms with Crippen LogP contribution in [0.1, 0.15) is 24.8 Å². The van der Waals surface area contributed by atoms with Gasteiger partial charge in [0.2, 0.25) is 0 Å². The molecule has 1 aromatic rings. The second-order valence-electron chi connectivity index (χ2n) is 6.54. The molecule has 0 bridgehead atoms. The smallest absolute Gasteiger partial charge is 0.198 e. The van der Waals surface area contributed by atoms with E-state index in [0.29, 0.717) is 0 Å². The maximum absolute atomic E-state index is 4.49. The highest BCUT2D eigenvalue weighted by Crippen LogP contribution is 2.27. The van der Waals surface area contributed by atoms with Gasteiger partial charge in [-0.25, -0.2) is 0 Å². The second kappa shape index (κ2) is 7.14. The van der Waals surface area contributed by atoms with E-state index >= 15 is 0 Å².